The van der Waals surface area contributed by atoms with Gasteiger partial charge in [0, 0.05) is 43.7 Å². The van der Waals surface area contributed by atoms with Crippen molar-refractivity contribution in [3.05, 3.63) is 28.7 Å². The van der Waals surface area contributed by atoms with Gasteiger partial charge in [-0.15, -0.1) is 0 Å². The Hall–Kier alpha value is -2.52. The molecule has 1 aliphatic carbocycles. The van der Waals surface area contributed by atoms with Gasteiger partial charge in [0.15, 0.2) is 5.69 Å². The summed E-state index contributed by atoms with van der Waals surface area (Å²) in [5.74, 6) is -3.06. The Kier molecular flexibility index (Phi) is 9.72. The standard InChI is InChI=1S/C24H30ClF5N4O5S/c1-4-34-20(16-11-31-14(9-13(2)24(28,29)30)10-17(16)39-22(26)27)18(25)19(33-34)21(35)32-12-23(36)7-5-15(6-8-23)40(3,37)38/h10-11,13,15,22,36H,4-9,12H2,1-3H3,(H,32,35)/t13-,15-,23+/m1/s1. The normalized spacial score (nSPS) is 20.9. The number of aryl methyl sites for hydroxylation is 1. The molecule has 224 valence electrons. The number of nitrogens with one attached hydrogen (secondary N) is 1. The Morgan fingerprint density at radius 2 is 1.95 bits per heavy atom. The lowest BCUT2D eigenvalue weighted by atomic mass is 9.84. The van der Waals surface area contributed by atoms with E-state index in [9.17, 15) is 40.3 Å². The fourth-order valence-corrected chi connectivity index (χ4v) is 5.94. The quantitative estimate of drug-likeness (QED) is 0.379. The number of carbonyl (C=O) groups is 1. The van der Waals surface area contributed by atoms with Gasteiger partial charge in [0.1, 0.15) is 15.6 Å². The van der Waals surface area contributed by atoms with E-state index < -0.39 is 57.5 Å². The van der Waals surface area contributed by atoms with E-state index in [4.69, 9.17) is 11.6 Å². The van der Waals surface area contributed by atoms with Crippen molar-refractivity contribution in [1.29, 1.82) is 0 Å². The molecule has 2 N–H and O–H groups in total. The highest BCUT2D eigenvalue weighted by atomic mass is 35.5. The van der Waals surface area contributed by atoms with Gasteiger partial charge in [-0.25, -0.2) is 8.42 Å². The zero-order chi connectivity index (χ0) is 30.0. The third kappa shape index (κ3) is 7.60. The Balaban J connectivity index is 1.86. The summed E-state index contributed by atoms with van der Waals surface area (Å²) in [5.41, 5.74) is -1.89. The van der Waals surface area contributed by atoms with Gasteiger partial charge in [0.25, 0.3) is 5.91 Å². The molecule has 0 aliphatic heterocycles. The summed E-state index contributed by atoms with van der Waals surface area (Å²) in [6, 6.07) is 0.967. The van der Waals surface area contributed by atoms with Gasteiger partial charge >= 0.3 is 12.8 Å². The van der Waals surface area contributed by atoms with E-state index in [2.05, 4.69) is 20.1 Å². The summed E-state index contributed by atoms with van der Waals surface area (Å²) in [7, 11) is -3.25. The first kappa shape index (κ1) is 32.0. The molecule has 1 amide bonds. The summed E-state index contributed by atoms with van der Waals surface area (Å²) < 4.78 is 94.8. The number of pyridine rings is 1. The van der Waals surface area contributed by atoms with E-state index in [1.165, 1.54) is 4.68 Å². The Labute approximate surface area is 233 Å². The summed E-state index contributed by atoms with van der Waals surface area (Å²) in [6.45, 7) is -0.823. The fraction of sp³-hybridized carbons (Fsp3) is 0.625. The van der Waals surface area contributed by atoms with Crippen LogP contribution in [0.1, 0.15) is 55.7 Å². The van der Waals surface area contributed by atoms with Crippen LogP contribution in [0.5, 0.6) is 5.75 Å². The van der Waals surface area contributed by atoms with Crippen molar-refractivity contribution in [2.24, 2.45) is 5.92 Å². The van der Waals surface area contributed by atoms with Crippen molar-refractivity contribution in [2.75, 3.05) is 12.8 Å². The molecular weight excluding hydrogens is 587 g/mol. The van der Waals surface area contributed by atoms with Gasteiger partial charge in [-0.05, 0) is 32.6 Å². The van der Waals surface area contributed by atoms with E-state index >= 15 is 0 Å². The smallest absolute Gasteiger partial charge is 0.391 e. The molecule has 2 heterocycles. The number of alkyl halides is 5. The molecule has 0 unspecified atom stereocenters. The largest absolute Gasteiger partial charge is 0.434 e. The van der Waals surface area contributed by atoms with E-state index in [0.29, 0.717) is 0 Å². The number of rotatable bonds is 10. The molecule has 16 heteroatoms. The molecule has 0 radical (unpaired) electrons. The summed E-state index contributed by atoms with van der Waals surface area (Å²) in [4.78, 5) is 16.9. The summed E-state index contributed by atoms with van der Waals surface area (Å²) in [6.07, 6.45) is -2.16. The third-order valence-electron chi connectivity index (χ3n) is 6.92. The lowest BCUT2D eigenvalue weighted by molar-refractivity contribution is -0.169. The number of hydrogen-bond acceptors (Lipinski definition) is 7. The number of hydrogen-bond donors (Lipinski definition) is 2. The Bertz CT molecular complexity index is 1330. The molecule has 1 atom stereocenters. The zero-order valence-electron chi connectivity index (χ0n) is 21.9. The second kappa shape index (κ2) is 12.1. The molecule has 9 nitrogen and oxygen atoms in total. The number of ether oxygens (including phenoxy) is 1. The number of carbonyl (C=O) groups excluding carboxylic acids is 1. The number of halogens is 6. The second-order valence-electron chi connectivity index (χ2n) is 9.96. The highest BCUT2D eigenvalue weighted by molar-refractivity contribution is 7.91. The minimum atomic E-state index is -4.52. The maximum atomic E-state index is 13.2. The maximum absolute atomic E-state index is 13.2. The van der Waals surface area contributed by atoms with Crippen molar-refractivity contribution in [2.45, 2.75) is 76.1 Å². The van der Waals surface area contributed by atoms with Crippen LogP contribution in [0.25, 0.3) is 11.3 Å². The van der Waals surface area contributed by atoms with Gasteiger partial charge in [0.05, 0.1) is 33.0 Å². The van der Waals surface area contributed by atoms with Crippen LogP contribution in [-0.4, -0.2) is 70.6 Å². The number of sulfone groups is 1. The average molecular weight is 617 g/mol. The Morgan fingerprint density at radius 1 is 1.32 bits per heavy atom. The lowest BCUT2D eigenvalue weighted by Gasteiger charge is -2.35. The van der Waals surface area contributed by atoms with Gasteiger partial charge in [-0.2, -0.15) is 27.1 Å². The van der Waals surface area contributed by atoms with Crippen LogP contribution >= 0.6 is 11.6 Å². The van der Waals surface area contributed by atoms with Gasteiger partial charge < -0.3 is 15.2 Å². The molecule has 0 bridgehead atoms. The van der Waals surface area contributed by atoms with Crippen molar-refractivity contribution in [3.8, 4) is 17.0 Å². The molecule has 2 aromatic rings. The monoisotopic (exact) mass is 616 g/mol. The molecule has 2 aromatic heterocycles. The first-order chi connectivity index (χ1) is 18.4. The second-order valence-corrected chi connectivity index (χ2v) is 12.7. The van der Waals surface area contributed by atoms with Crippen LogP contribution in [-0.2, 0) is 22.8 Å². The van der Waals surface area contributed by atoms with Crippen molar-refractivity contribution in [1.82, 2.24) is 20.1 Å². The van der Waals surface area contributed by atoms with Crippen molar-refractivity contribution < 1.29 is 45.0 Å². The molecule has 0 saturated heterocycles. The van der Waals surface area contributed by atoms with Crippen LogP contribution in [0.15, 0.2) is 12.3 Å². The highest BCUT2D eigenvalue weighted by Crippen LogP contribution is 2.39. The van der Waals surface area contributed by atoms with Crippen LogP contribution in [0.4, 0.5) is 22.0 Å². The topological polar surface area (TPSA) is 123 Å². The van der Waals surface area contributed by atoms with E-state index in [0.717, 1.165) is 25.4 Å². The minimum Gasteiger partial charge on any atom is -0.434 e. The summed E-state index contributed by atoms with van der Waals surface area (Å²) in [5, 5.41) is 16.7. The van der Waals surface area contributed by atoms with E-state index in [-0.39, 0.29) is 66.4 Å². The maximum Gasteiger partial charge on any atom is 0.391 e. The molecule has 1 saturated carbocycles. The van der Waals surface area contributed by atoms with Gasteiger partial charge in [-0.3, -0.25) is 14.5 Å². The van der Waals surface area contributed by atoms with Crippen LogP contribution < -0.4 is 10.1 Å². The van der Waals surface area contributed by atoms with E-state index in [1.807, 2.05) is 0 Å². The molecule has 1 aliphatic rings. The molecule has 1 fully saturated rings. The SMILES string of the molecule is CCn1nc(C(=O)NC[C@]2(O)CC[C@@H](S(C)(=O)=O)CC2)c(Cl)c1-c1cnc(C[C@@H](C)C(F)(F)F)cc1OC(F)F. The minimum absolute atomic E-state index is 0.0136. The molecule has 3 rings (SSSR count). The number of nitrogens with zero attached hydrogens (tertiary/aromatic N) is 3. The Morgan fingerprint density at radius 3 is 2.48 bits per heavy atom. The van der Waals surface area contributed by atoms with Crippen LogP contribution in [0, 0.1) is 5.92 Å². The predicted molar refractivity (Wildman–Crippen MR) is 136 cm³/mol. The van der Waals surface area contributed by atoms with Crippen molar-refractivity contribution in [3.63, 3.8) is 0 Å². The highest BCUT2D eigenvalue weighted by Gasteiger charge is 2.38. The summed E-state index contributed by atoms with van der Waals surface area (Å²) >= 11 is 6.46. The van der Waals surface area contributed by atoms with E-state index in [1.54, 1.807) is 6.92 Å². The number of aliphatic hydroxyl groups is 1. The first-order valence-electron chi connectivity index (χ1n) is 12.4. The molecule has 0 spiro atoms. The predicted octanol–water partition coefficient (Wildman–Crippen LogP) is 4.41. The van der Waals surface area contributed by atoms with Gasteiger partial charge in [-0.1, -0.05) is 18.5 Å². The average Bonchev–Trinajstić information content (AvgIpc) is 3.17. The van der Waals surface area contributed by atoms with Crippen LogP contribution in [0.3, 0.4) is 0 Å². The lowest BCUT2D eigenvalue weighted by Crippen LogP contribution is -2.47. The van der Waals surface area contributed by atoms with Crippen LogP contribution in [0.2, 0.25) is 5.02 Å². The number of amides is 1. The third-order valence-corrected chi connectivity index (χ3v) is 8.96. The molecule has 0 aromatic carbocycles. The first-order valence-corrected chi connectivity index (χ1v) is 14.7. The number of aromatic nitrogens is 3. The molecule has 40 heavy (non-hydrogen) atoms. The molecular formula is C24H30ClF5N4O5S. The zero-order valence-corrected chi connectivity index (χ0v) is 23.5. The van der Waals surface area contributed by atoms with Gasteiger partial charge in [0.2, 0.25) is 0 Å². The van der Waals surface area contributed by atoms with Crippen molar-refractivity contribution >= 4 is 27.3 Å². The fourth-order valence-electron chi connectivity index (χ4n) is 4.52.